The Labute approximate surface area is 143 Å². The van der Waals surface area contributed by atoms with Crippen LogP contribution in [0, 0.1) is 13.8 Å². The van der Waals surface area contributed by atoms with Crippen LogP contribution in [-0.4, -0.2) is 11.8 Å². The van der Waals surface area contributed by atoms with Gasteiger partial charge in [-0.2, -0.15) is 0 Å². The second-order valence-corrected chi connectivity index (χ2v) is 6.09. The number of anilines is 2. The van der Waals surface area contributed by atoms with Crippen LogP contribution in [-0.2, 0) is 16.0 Å². The molecule has 4 heteroatoms. The normalized spacial score (nSPS) is 10.3. The van der Waals surface area contributed by atoms with E-state index in [0.29, 0.717) is 11.4 Å². The second-order valence-electron chi connectivity index (χ2n) is 6.09. The number of aryl methyl sites for hydroxylation is 3. The molecule has 0 aliphatic carbocycles. The van der Waals surface area contributed by atoms with E-state index in [2.05, 4.69) is 17.6 Å². The number of hydrogen-bond donors (Lipinski definition) is 2. The van der Waals surface area contributed by atoms with Crippen molar-refractivity contribution in [3.05, 3.63) is 59.2 Å². The smallest absolute Gasteiger partial charge is 0.314 e. The molecule has 126 valence electrons. The highest BCUT2D eigenvalue weighted by atomic mass is 16.2. The monoisotopic (exact) mass is 324 g/mol. The largest absolute Gasteiger partial charge is 0.318 e. The first-order valence-corrected chi connectivity index (χ1v) is 8.27. The zero-order chi connectivity index (χ0) is 17.5. The minimum atomic E-state index is -0.671. The van der Waals surface area contributed by atoms with Gasteiger partial charge in [-0.15, -0.1) is 0 Å². The average Bonchev–Trinajstić information content (AvgIpc) is 2.53. The molecule has 2 aromatic rings. The molecule has 24 heavy (non-hydrogen) atoms. The maximum atomic E-state index is 12.0. The van der Waals surface area contributed by atoms with Crippen molar-refractivity contribution < 1.29 is 9.59 Å². The topological polar surface area (TPSA) is 58.2 Å². The fraction of sp³-hybridized carbons (Fsp3) is 0.300. The van der Waals surface area contributed by atoms with Gasteiger partial charge in [-0.25, -0.2) is 0 Å². The van der Waals surface area contributed by atoms with Crippen LogP contribution < -0.4 is 10.6 Å². The molecule has 0 saturated heterocycles. The van der Waals surface area contributed by atoms with Crippen LogP contribution in [0.15, 0.2) is 42.5 Å². The lowest BCUT2D eigenvalue weighted by Crippen LogP contribution is -2.29. The first-order valence-electron chi connectivity index (χ1n) is 8.27. The second kappa shape index (κ2) is 8.29. The Bertz CT molecular complexity index is 701. The van der Waals surface area contributed by atoms with E-state index in [9.17, 15) is 9.59 Å². The molecule has 2 aromatic carbocycles. The van der Waals surface area contributed by atoms with Crippen LogP contribution in [0.2, 0.25) is 0 Å². The highest BCUT2D eigenvalue weighted by molar-refractivity contribution is 6.43. The summed E-state index contributed by atoms with van der Waals surface area (Å²) < 4.78 is 0. The standard InChI is InChI=1S/C20H24N2O2/c1-4-5-6-16-7-9-17(10-8-16)21-19(23)20(24)22-18-12-14(2)11-15(3)13-18/h7-13H,4-6H2,1-3H3,(H,21,23)(H,22,24). The van der Waals surface area contributed by atoms with Crippen LogP contribution in [0.4, 0.5) is 11.4 Å². The summed E-state index contributed by atoms with van der Waals surface area (Å²) >= 11 is 0. The minimum Gasteiger partial charge on any atom is -0.318 e. The van der Waals surface area contributed by atoms with Crippen LogP contribution >= 0.6 is 0 Å². The number of rotatable bonds is 5. The van der Waals surface area contributed by atoms with Crippen molar-refractivity contribution in [1.29, 1.82) is 0 Å². The highest BCUT2D eigenvalue weighted by Gasteiger charge is 2.14. The van der Waals surface area contributed by atoms with Crippen molar-refractivity contribution >= 4 is 23.2 Å². The molecule has 2 rings (SSSR count). The summed E-state index contributed by atoms with van der Waals surface area (Å²) in [5.41, 5.74) is 4.55. The summed E-state index contributed by atoms with van der Waals surface area (Å²) in [4.78, 5) is 24.0. The molecule has 0 aliphatic rings. The third-order valence-corrected chi connectivity index (χ3v) is 3.72. The fourth-order valence-corrected chi connectivity index (χ4v) is 2.56. The fourth-order valence-electron chi connectivity index (χ4n) is 2.56. The predicted molar refractivity (Wildman–Crippen MR) is 98.2 cm³/mol. The van der Waals surface area contributed by atoms with Gasteiger partial charge in [0.1, 0.15) is 0 Å². The molecule has 2 N–H and O–H groups in total. The molecule has 0 fully saturated rings. The summed E-state index contributed by atoms with van der Waals surface area (Å²) in [5, 5.41) is 5.26. The summed E-state index contributed by atoms with van der Waals surface area (Å²) in [6, 6.07) is 13.3. The lowest BCUT2D eigenvalue weighted by molar-refractivity contribution is -0.132. The molecular formula is C20H24N2O2. The van der Waals surface area contributed by atoms with Gasteiger partial charge in [0.2, 0.25) is 0 Å². The van der Waals surface area contributed by atoms with Gasteiger partial charge in [-0.05, 0) is 67.6 Å². The number of unbranched alkanes of at least 4 members (excludes halogenated alkanes) is 1. The van der Waals surface area contributed by atoms with Gasteiger partial charge in [0.25, 0.3) is 0 Å². The molecule has 0 aromatic heterocycles. The minimum absolute atomic E-state index is 0.621. The molecule has 0 unspecified atom stereocenters. The molecule has 0 heterocycles. The molecular weight excluding hydrogens is 300 g/mol. The Kier molecular flexibility index (Phi) is 6.13. The lowest BCUT2D eigenvalue weighted by atomic mass is 10.1. The van der Waals surface area contributed by atoms with Crippen molar-refractivity contribution in [2.24, 2.45) is 0 Å². The van der Waals surface area contributed by atoms with Gasteiger partial charge in [0.15, 0.2) is 0 Å². The van der Waals surface area contributed by atoms with E-state index in [4.69, 9.17) is 0 Å². The number of carbonyl (C=O) groups is 2. The van der Waals surface area contributed by atoms with E-state index in [1.165, 1.54) is 5.56 Å². The van der Waals surface area contributed by atoms with E-state index >= 15 is 0 Å². The number of hydrogen-bond acceptors (Lipinski definition) is 2. The molecule has 0 radical (unpaired) electrons. The third kappa shape index (κ3) is 5.23. The molecule has 0 aliphatic heterocycles. The van der Waals surface area contributed by atoms with Crippen LogP contribution in [0.1, 0.15) is 36.5 Å². The maximum Gasteiger partial charge on any atom is 0.314 e. The van der Waals surface area contributed by atoms with E-state index in [-0.39, 0.29) is 0 Å². The summed E-state index contributed by atoms with van der Waals surface area (Å²) in [6.07, 6.45) is 3.32. The van der Waals surface area contributed by atoms with Crippen molar-refractivity contribution in [2.75, 3.05) is 10.6 Å². The zero-order valence-corrected chi connectivity index (χ0v) is 14.5. The first-order chi connectivity index (χ1) is 11.5. The Morgan fingerprint density at radius 1 is 0.833 bits per heavy atom. The molecule has 4 nitrogen and oxygen atoms in total. The summed E-state index contributed by atoms with van der Waals surface area (Å²) in [7, 11) is 0. The maximum absolute atomic E-state index is 12.0. The first kappa shape index (κ1) is 17.7. The quantitative estimate of drug-likeness (QED) is 0.809. The van der Waals surface area contributed by atoms with Crippen molar-refractivity contribution in [2.45, 2.75) is 40.0 Å². The van der Waals surface area contributed by atoms with Crippen LogP contribution in [0.3, 0.4) is 0 Å². The Balaban J connectivity index is 1.94. The average molecular weight is 324 g/mol. The Morgan fingerprint density at radius 2 is 1.38 bits per heavy atom. The van der Waals surface area contributed by atoms with Crippen molar-refractivity contribution in [3.63, 3.8) is 0 Å². The Hall–Kier alpha value is -2.62. The van der Waals surface area contributed by atoms with Gasteiger partial charge in [-0.3, -0.25) is 9.59 Å². The Morgan fingerprint density at radius 3 is 1.92 bits per heavy atom. The zero-order valence-electron chi connectivity index (χ0n) is 14.5. The molecule has 2 amide bonds. The van der Waals surface area contributed by atoms with Crippen LogP contribution in [0.25, 0.3) is 0 Å². The molecule has 0 bridgehead atoms. The van der Waals surface area contributed by atoms with Gasteiger partial charge >= 0.3 is 11.8 Å². The number of benzene rings is 2. The van der Waals surface area contributed by atoms with Crippen molar-refractivity contribution in [1.82, 2.24) is 0 Å². The van der Waals surface area contributed by atoms with Gasteiger partial charge < -0.3 is 10.6 Å². The third-order valence-electron chi connectivity index (χ3n) is 3.72. The number of amides is 2. The number of carbonyl (C=O) groups excluding carboxylic acids is 2. The molecule has 0 saturated carbocycles. The van der Waals surface area contributed by atoms with Gasteiger partial charge in [0, 0.05) is 11.4 Å². The lowest BCUT2D eigenvalue weighted by Gasteiger charge is -2.09. The van der Waals surface area contributed by atoms with E-state index in [1.807, 2.05) is 56.3 Å². The van der Waals surface area contributed by atoms with Crippen molar-refractivity contribution in [3.8, 4) is 0 Å². The molecule has 0 atom stereocenters. The predicted octanol–water partition coefficient (Wildman–Crippen LogP) is 4.22. The summed E-state index contributed by atoms with van der Waals surface area (Å²) in [5.74, 6) is -1.34. The molecule has 0 spiro atoms. The number of nitrogens with one attached hydrogen (secondary N) is 2. The van der Waals surface area contributed by atoms with Crippen LogP contribution in [0.5, 0.6) is 0 Å². The SMILES string of the molecule is CCCCc1ccc(NC(=O)C(=O)Nc2cc(C)cc(C)c2)cc1. The van der Waals surface area contributed by atoms with Gasteiger partial charge in [0.05, 0.1) is 0 Å². The highest BCUT2D eigenvalue weighted by Crippen LogP contribution is 2.15. The van der Waals surface area contributed by atoms with E-state index < -0.39 is 11.8 Å². The van der Waals surface area contributed by atoms with E-state index in [1.54, 1.807) is 0 Å². The van der Waals surface area contributed by atoms with Gasteiger partial charge in [-0.1, -0.05) is 31.5 Å². The summed E-state index contributed by atoms with van der Waals surface area (Å²) in [6.45, 7) is 6.05. The van der Waals surface area contributed by atoms with E-state index in [0.717, 1.165) is 30.4 Å².